The molecule has 2 aromatic carbocycles. The molecule has 4 heteroatoms. The maximum Gasteiger partial charge on any atom is 0.0549 e. The zero-order chi connectivity index (χ0) is 13.8. The highest BCUT2D eigenvalue weighted by Crippen LogP contribution is 2.29. The lowest BCUT2D eigenvalue weighted by atomic mass is 10.0. The Morgan fingerprint density at radius 2 is 1.79 bits per heavy atom. The van der Waals surface area contributed by atoms with E-state index in [1.807, 2.05) is 30.3 Å². The van der Waals surface area contributed by atoms with Gasteiger partial charge >= 0.3 is 0 Å². The number of hydrogen-bond acceptors (Lipinski definition) is 1. The molecule has 100 valence electrons. The van der Waals surface area contributed by atoms with Crippen LogP contribution in [0.15, 0.2) is 46.9 Å². The van der Waals surface area contributed by atoms with Gasteiger partial charge < -0.3 is 5.32 Å². The molecule has 0 saturated carbocycles. The van der Waals surface area contributed by atoms with Crippen molar-refractivity contribution in [2.75, 3.05) is 5.32 Å². The smallest absolute Gasteiger partial charge is 0.0549 e. The maximum absolute atomic E-state index is 6.00. The highest BCUT2D eigenvalue weighted by Gasteiger charge is 2.09. The van der Waals surface area contributed by atoms with Gasteiger partial charge in [-0.25, -0.2) is 0 Å². The second-order valence-electron chi connectivity index (χ2n) is 4.29. The fourth-order valence-electron chi connectivity index (χ4n) is 1.90. The van der Waals surface area contributed by atoms with Gasteiger partial charge in [0.25, 0.3) is 0 Å². The van der Waals surface area contributed by atoms with Crippen molar-refractivity contribution in [3.63, 3.8) is 0 Å². The van der Waals surface area contributed by atoms with Crippen LogP contribution in [0.1, 0.15) is 24.9 Å². The Morgan fingerprint density at radius 1 is 1.11 bits per heavy atom. The van der Waals surface area contributed by atoms with Crippen LogP contribution in [0.2, 0.25) is 10.0 Å². The minimum atomic E-state index is 0.255. The molecule has 19 heavy (non-hydrogen) atoms. The Morgan fingerprint density at radius 3 is 2.37 bits per heavy atom. The van der Waals surface area contributed by atoms with E-state index in [9.17, 15) is 0 Å². The van der Waals surface area contributed by atoms with E-state index in [4.69, 9.17) is 23.2 Å². The zero-order valence-electron chi connectivity index (χ0n) is 10.5. The van der Waals surface area contributed by atoms with Gasteiger partial charge in [0.05, 0.1) is 11.1 Å². The lowest BCUT2D eigenvalue weighted by Crippen LogP contribution is -2.09. The van der Waals surface area contributed by atoms with Crippen molar-refractivity contribution in [3.05, 3.63) is 62.5 Å². The summed E-state index contributed by atoms with van der Waals surface area (Å²) >= 11 is 15.3. The molecule has 0 spiro atoms. The maximum atomic E-state index is 6.00. The predicted molar refractivity (Wildman–Crippen MR) is 87.3 cm³/mol. The monoisotopic (exact) mass is 357 g/mol. The first-order valence-corrected chi connectivity index (χ1v) is 7.62. The minimum absolute atomic E-state index is 0.255. The number of anilines is 1. The highest BCUT2D eigenvalue weighted by atomic mass is 79.9. The van der Waals surface area contributed by atoms with Crippen LogP contribution in [0, 0.1) is 0 Å². The fourth-order valence-corrected chi connectivity index (χ4v) is 2.53. The summed E-state index contributed by atoms with van der Waals surface area (Å²) < 4.78 is 0.894. The van der Waals surface area contributed by atoms with Crippen LogP contribution in [0.25, 0.3) is 0 Å². The van der Waals surface area contributed by atoms with E-state index in [0.29, 0.717) is 5.02 Å². The first kappa shape index (κ1) is 14.7. The Bertz CT molecular complexity index is 555. The average Bonchev–Trinajstić information content (AvgIpc) is 2.41. The molecule has 2 rings (SSSR count). The highest BCUT2D eigenvalue weighted by molar-refractivity contribution is 9.10. The second-order valence-corrected chi connectivity index (χ2v) is 5.98. The molecule has 0 radical (unpaired) electrons. The normalized spacial score (nSPS) is 12.2. The second kappa shape index (κ2) is 6.65. The Labute approximate surface area is 132 Å². The van der Waals surface area contributed by atoms with Crippen molar-refractivity contribution in [1.82, 2.24) is 0 Å². The fraction of sp³-hybridized carbons (Fsp3) is 0.200. The Hall–Kier alpha value is -0.700. The molecular formula is C15H14BrCl2N. The number of hydrogen-bond donors (Lipinski definition) is 1. The van der Waals surface area contributed by atoms with Crippen molar-refractivity contribution >= 4 is 44.8 Å². The summed E-state index contributed by atoms with van der Waals surface area (Å²) in [6.07, 6.45) is 0.988. The first-order chi connectivity index (χ1) is 9.10. The van der Waals surface area contributed by atoms with Crippen molar-refractivity contribution in [3.8, 4) is 0 Å². The van der Waals surface area contributed by atoms with Crippen molar-refractivity contribution in [2.45, 2.75) is 19.4 Å². The summed E-state index contributed by atoms with van der Waals surface area (Å²) in [6, 6.07) is 14.0. The van der Waals surface area contributed by atoms with E-state index in [2.05, 4.69) is 40.3 Å². The van der Waals surface area contributed by atoms with Crippen molar-refractivity contribution in [1.29, 1.82) is 0 Å². The van der Waals surface area contributed by atoms with Gasteiger partial charge in [0.15, 0.2) is 0 Å². The summed E-state index contributed by atoms with van der Waals surface area (Å²) in [5.41, 5.74) is 2.26. The average molecular weight is 359 g/mol. The summed E-state index contributed by atoms with van der Waals surface area (Å²) in [4.78, 5) is 0. The van der Waals surface area contributed by atoms with E-state index in [1.165, 1.54) is 5.56 Å². The summed E-state index contributed by atoms with van der Waals surface area (Å²) in [7, 11) is 0. The topological polar surface area (TPSA) is 12.0 Å². The number of benzene rings is 2. The zero-order valence-corrected chi connectivity index (χ0v) is 13.6. The van der Waals surface area contributed by atoms with Gasteiger partial charge in [-0.15, -0.1) is 0 Å². The predicted octanol–water partition coefficient (Wildman–Crippen LogP) is 6.32. The molecule has 0 saturated heterocycles. The molecule has 1 N–H and O–H groups in total. The Balaban J connectivity index is 2.18. The third kappa shape index (κ3) is 3.88. The molecule has 0 heterocycles. The molecule has 0 amide bonds. The minimum Gasteiger partial charge on any atom is -0.378 e. The Kier molecular flexibility index (Phi) is 5.14. The molecule has 0 aliphatic carbocycles. The molecule has 0 aliphatic heterocycles. The molecule has 1 unspecified atom stereocenters. The van der Waals surface area contributed by atoms with Gasteiger partial charge in [-0.1, -0.05) is 42.3 Å². The van der Waals surface area contributed by atoms with Crippen LogP contribution in [-0.2, 0) is 0 Å². The molecule has 1 atom stereocenters. The van der Waals surface area contributed by atoms with E-state index >= 15 is 0 Å². The van der Waals surface area contributed by atoms with Gasteiger partial charge in [0.1, 0.15) is 0 Å². The molecule has 0 fully saturated rings. The molecule has 0 aromatic heterocycles. The third-order valence-electron chi connectivity index (χ3n) is 2.94. The SMILES string of the molecule is CCC(Nc1ccc(Cl)c(Br)c1)c1ccc(Cl)cc1. The number of nitrogens with one attached hydrogen (secondary N) is 1. The van der Waals surface area contributed by atoms with Crippen molar-refractivity contribution in [2.24, 2.45) is 0 Å². The van der Waals surface area contributed by atoms with Crippen LogP contribution >= 0.6 is 39.1 Å². The van der Waals surface area contributed by atoms with Crippen LogP contribution in [0.3, 0.4) is 0 Å². The summed E-state index contributed by atoms with van der Waals surface area (Å²) in [5, 5.41) is 4.97. The van der Waals surface area contributed by atoms with E-state index < -0.39 is 0 Å². The lowest BCUT2D eigenvalue weighted by molar-refractivity contribution is 0.749. The van der Waals surface area contributed by atoms with Gasteiger partial charge in [-0.3, -0.25) is 0 Å². The molecule has 2 aromatic rings. The van der Waals surface area contributed by atoms with Crippen LogP contribution in [-0.4, -0.2) is 0 Å². The molecule has 0 aliphatic rings. The largest absolute Gasteiger partial charge is 0.378 e. The molecular weight excluding hydrogens is 345 g/mol. The summed E-state index contributed by atoms with van der Waals surface area (Å²) in [6.45, 7) is 2.15. The first-order valence-electron chi connectivity index (χ1n) is 6.07. The van der Waals surface area contributed by atoms with E-state index in [-0.39, 0.29) is 6.04 Å². The molecule has 1 nitrogen and oxygen atoms in total. The van der Waals surface area contributed by atoms with Gasteiger partial charge in [0.2, 0.25) is 0 Å². The molecule has 0 bridgehead atoms. The van der Waals surface area contributed by atoms with Crippen LogP contribution in [0.5, 0.6) is 0 Å². The lowest BCUT2D eigenvalue weighted by Gasteiger charge is -2.19. The van der Waals surface area contributed by atoms with Gasteiger partial charge in [-0.2, -0.15) is 0 Å². The quantitative estimate of drug-likeness (QED) is 0.674. The van der Waals surface area contributed by atoms with Gasteiger partial charge in [-0.05, 0) is 58.2 Å². The van der Waals surface area contributed by atoms with Crippen LogP contribution in [0.4, 0.5) is 5.69 Å². The number of rotatable bonds is 4. The number of halogens is 3. The van der Waals surface area contributed by atoms with Crippen LogP contribution < -0.4 is 5.32 Å². The van der Waals surface area contributed by atoms with Crippen molar-refractivity contribution < 1.29 is 0 Å². The third-order valence-corrected chi connectivity index (χ3v) is 4.41. The van der Waals surface area contributed by atoms with E-state index in [1.54, 1.807) is 0 Å². The summed E-state index contributed by atoms with van der Waals surface area (Å²) in [5.74, 6) is 0. The standard InChI is InChI=1S/C15H14BrCl2N/c1-2-15(10-3-5-11(17)6-4-10)19-12-7-8-14(18)13(16)9-12/h3-9,15,19H,2H2,1H3. The van der Waals surface area contributed by atoms with Gasteiger partial charge in [0, 0.05) is 15.2 Å². The van der Waals surface area contributed by atoms with E-state index in [0.717, 1.165) is 21.6 Å².